The molecule has 112 valence electrons. The molecule has 4 rings (SSSR count). The lowest BCUT2D eigenvalue weighted by atomic mass is 10.3. The van der Waals surface area contributed by atoms with Crippen LogP contribution in [0.15, 0.2) is 101 Å². The Morgan fingerprint density at radius 3 is 1.70 bits per heavy atom. The molecule has 0 aliphatic carbocycles. The summed E-state index contributed by atoms with van der Waals surface area (Å²) < 4.78 is 1.26. The normalized spacial score (nSPS) is 10.4. The molecule has 0 radical (unpaired) electrons. The lowest BCUT2D eigenvalue weighted by Gasteiger charge is -1.91. The third-order valence-corrected chi connectivity index (χ3v) is 3.84. The maximum absolute atomic E-state index is 4.14. The molecule has 4 aromatic rings. The minimum absolute atomic E-state index is 0.872. The molecule has 1 aromatic heterocycles. The van der Waals surface area contributed by atoms with Crippen molar-refractivity contribution >= 4 is 32.9 Å². The molecule has 0 saturated carbocycles. The van der Waals surface area contributed by atoms with Crippen LogP contribution in [0.4, 0.5) is 11.4 Å². The number of para-hydroxylation sites is 1. The van der Waals surface area contributed by atoms with Crippen molar-refractivity contribution in [3.63, 3.8) is 0 Å². The smallest absolute Gasteiger partial charge is 0.0857 e. The molecule has 0 aliphatic rings. The predicted molar refractivity (Wildman–Crippen MR) is 96.7 cm³/mol. The highest BCUT2D eigenvalue weighted by atomic mass is 32.1. The van der Waals surface area contributed by atoms with Crippen LogP contribution in [0, 0.1) is 0 Å². The van der Waals surface area contributed by atoms with Crippen molar-refractivity contribution < 1.29 is 0 Å². The number of thiazole rings is 1. The summed E-state index contributed by atoms with van der Waals surface area (Å²) in [5, 5.41) is 8.20. The Labute approximate surface area is 139 Å². The maximum atomic E-state index is 4.14. The van der Waals surface area contributed by atoms with E-state index in [0.29, 0.717) is 0 Å². The van der Waals surface area contributed by atoms with E-state index in [-0.39, 0.29) is 0 Å². The SMILES string of the molecule is c1ccc(N=Nc2ccccc2)cc1.c1ccc2scnc2c1. The number of nitrogens with zero attached hydrogens (tertiary/aromatic N) is 3. The van der Waals surface area contributed by atoms with Crippen LogP contribution in [0.25, 0.3) is 10.2 Å². The molecule has 0 fully saturated rings. The summed E-state index contributed by atoms with van der Waals surface area (Å²) in [5.74, 6) is 0. The van der Waals surface area contributed by atoms with Gasteiger partial charge < -0.3 is 0 Å². The molecule has 0 N–H and O–H groups in total. The molecule has 1 heterocycles. The molecule has 0 atom stereocenters. The summed E-state index contributed by atoms with van der Waals surface area (Å²) in [7, 11) is 0. The van der Waals surface area contributed by atoms with E-state index >= 15 is 0 Å². The highest BCUT2D eigenvalue weighted by Gasteiger charge is 1.89. The van der Waals surface area contributed by atoms with Gasteiger partial charge in [-0.25, -0.2) is 4.98 Å². The zero-order chi connectivity index (χ0) is 15.7. The zero-order valence-electron chi connectivity index (χ0n) is 12.4. The van der Waals surface area contributed by atoms with E-state index in [1.165, 1.54) is 4.70 Å². The Balaban J connectivity index is 0.000000149. The van der Waals surface area contributed by atoms with E-state index in [1.54, 1.807) is 11.3 Å². The first-order valence-corrected chi connectivity index (χ1v) is 8.10. The van der Waals surface area contributed by atoms with Gasteiger partial charge in [0.05, 0.1) is 27.1 Å². The number of rotatable bonds is 2. The van der Waals surface area contributed by atoms with Gasteiger partial charge in [0.25, 0.3) is 0 Å². The topological polar surface area (TPSA) is 37.6 Å². The van der Waals surface area contributed by atoms with Crippen LogP contribution in [0.2, 0.25) is 0 Å². The Morgan fingerprint density at radius 1 is 0.609 bits per heavy atom. The quantitative estimate of drug-likeness (QED) is 0.394. The summed E-state index contributed by atoms with van der Waals surface area (Å²) in [4.78, 5) is 4.14. The first kappa shape index (κ1) is 15.1. The van der Waals surface area contributed by atoms with E-state index in [0.717, 1.165) is 16.9 Å². The molecule has 23 heavy (non-hydrogen) atoms. The van der Waals surface area contributed by atoms with Crippen molar-refractivity contribution in [2.24, 2.45) is 10.2 Å². The first-order chi connectivity index (χ1) is 11.4. The molecule has 0 spiro atoms. The number of azo groups is 1. The third-order valence-electron chi connectivity index (χ3n) is 3.03. The molecular weight excluding hydrogens is 302 g/mol. The molecule has 0 saturated heterocycles. The zero-order valence-corrected chi connectivity index (χ0v) is 13.2. The van der Waals surface area contributed by atoms with E-state index in [2.05, 4.69) is 21.3 Å². The van der Waals surface area contributed by atoms with Crippen molar-refractivity contribution in [1.82, 2.24) is 4.98 Å². The van der Waals surface area contributed by atoms with Crippen LogP contribution in [0.1, 0.15) is 0 Å². The number of hydrogen-bond acceptors (Lipinski definition) is 4. The van der Waals surface area contributed by atoms with Crippen molar-refractivity contribution in [3.05, 3.63) is 90.4 Å². The first-order valence-electron chi connectivity index (χ1n) is 7.22. The highest BCUT2D eigenvalue weighted by Crippen LogP contribution is 2.16. The fraction of sp³-hybridized carbons (Fsp3) is 0. The predicted octanol–water partition coefficient (Wildman–Crippen LogP) is 6.40. The molecule has 0 aliphatic heterocycles. The Morgan fingerprint density at radius 2 is 1.13 bits per heavy atom. The van der Waals surface area contributed by atoms with Gasteiger partial charge >= 0.3 is 0 Å². The largest absolute Gasteiger partial charge is 0.245 e. The van der Waals surface area contributed by atoms with Gasteiger partial charge in [-0.15, -0.1) is 11.3 Å². The molecule has 3 nitrogen and oxygen atoms in total. The van der Waals surface area contributed by atoms with Gasteiger partial charge in [0.1, 0.15) is 0 Å². The van der Waals surface area contributed by atoms with Gasteiger partial charge in [0.15, 0.2) is 0 Å². The molecule has 3 aromatic carbocycles. The van der Waals surface area contributed by atoms with Crippen LogP contribution in [0.3, 0.4) is 0 Å². The summed E-state index contributed by atoms with van der Waals surface area (Å²) in [6.07, 6.45) is 0. The minimum atomic E-state index is 0.872. The number of benzene rings is 3. The van der Waals surface area contributed by atoms with Crippen LogP contribution in [0.5, 0.6) is 0 Å². The minimum Gasteiger partial charge on any atom is -0.245 e. The van der Waals surface area contributed by atoms with Crippen molar-refractivity contribution in [2.75, 3.05) is 0 Å². The summed E-state index contributed by atoms with van der Waals surface area (Å²) >= 11 is 1.68. The van der Waals surface area contributed by atoms with Crippen molar-refractivity contribution in [1.29, 1.82) is 0 Å². The summed E-state index contributed by atoms with van der Waals surface area (Å²) in [5.41, 5.74) is 4.71. The highest BCUT2D eigenvalue weighted by molar-refractivity contribution is 7.16. The number of hydrogen-bond donors (Lipinski definition) is 0. The second-order valence-electron chi connectivity index (χ2n) is 4.69. The average molecular weight is 317 g/mol. The second-order valence-corrected chi connectivity index (χ2v) is 5.58. The van der Waals surface area contributed by atoms with Crippen LogP contribution in [-0.2, 0) is 0 Å². The van der Waals surface area contributed by atoms with Gasteiger partial charge in [-0.1, -0.05) is 48.5 Å². The van der Waals surface area contributed by atoms with E-state index in [1.807, 2.05) is 84.4 Å². The van der Waals surface area contributed by atoms with Crippen LogP contribution in [-0.4, -0.2) is 4.98 Å². The monoisotopic (exact) mass is 317 g/mol. The molecule has 4 heteroatoms. The van der Waals surface area contributed by atoms with E-state index in [4.69, 9.17) is 0 Å². The van der Waals surface area contributed by atoms with Gasteiger partial charge in [0.2, 0.25) is 0 Å². The number of fused-ring (bicyclic) bond motifs is 1. The molecule has 0 amide bonds. The standard InChI is InChI=1S/C12H10N2.C7H5NS/c1-3-7-11(8-4-1)13-14-12-9-5-2-6-10-12;1-2-4-7-6(3-1)8-5-9-7/h1-10H;1-5H. The van der Waals surface area contributed by atoms with E-state index < -0.39 is 0 Å². The third kappa shape index (κ3) is 4.56. The Hall–Kier alpha value is -2.85. The van der Waals surface area contributed by atoms with Gasteiger partial charge in [-0.05, 0) is 36.4 Å². The fourth-order valence-corrected chi connectivity index (χ4v) is 2.59. The summed E-state index contributed by atoms with van der Waals surface area (Å²) in [6, 6.07) is 27.5. The molecular formula is C19H15N3S. The summed E-state index contributed by atoms with van der Waals surface area (Å²) in [6.45, 7) is 0. The Bertz CT molecular complexity index is 799. The fourth-order valence-electron chi connectivity index (χ4n) is 1.91. The second kappa shape index (κ2) is 7.96. The van der Waals surface area contributed by atoms with Crippen molar-refractivity contribution in [3.8, 4) is 0 Å². The van der Waals surface area contributed by atoms with Gasteiger partial charge in [0, 0.05) is 0 Å². The lowest BCUT2D eigenvalue weighted by molar-refractivity contribution is 1.23. The Kier molecular flexibility index (Phi) is 5.21. The van der Waals surface area contributed by atoms with Crippen LogP contribution < -0.4 is 0 Å². The van der Waals surface area contributed by atoms with Gasteiger partial charge in [-0.2, -0.15) is 10.2 Å². The maximum Gasteiger partial charge on any atom is 0.0857 e. The molecule has 0 unspecified atom stereocenters. The van der Waals surface area contributed by atoms with Crippen LogP contribution >= 0.6 is 11.3 Å². The lowest BCUT2D eigenvalue weighted by Crippen LogP contribution is -1.62. The van der Waals surface area contributed by atoms with Gasteiger partial charge in [-0.3, -0.25) is 0 Å². The molecule has 0 bridgehead atoms. The van der Waals surface area contributed by atoms with E-state index in [9.17, 15) is 0 Å². The average Bonchev–Trinajstić information content (AvgIpc) is 3.11. The number of aromatic nitrogens is 1. The van der Waals surface area contributed by atoms with Crippen molar-refractivity contribution in [2.45, 2.75) is 0 Å².